The Kier molecular flexibility index (Phi) is 4.96. The second kappa shape index (κ2) is 6.45. The zero-order valence-electron chi connectivity index (χ0n) is 13.6. The average molecular weight is 352 g/mol. The fourth-order valence-electron chi connectivity index (χ4n) is 2.14. The molecule has 0 aliphatic carbocycles. The molecule has 2 aromatic rings. The van der Waals surface area contributed by atoms with Crippen LogP contribution < -0.4 is 0 Å². The first-order valence-corrected chi connectivity index (χ1v) is 9.71. The molecule has 1 aromatic carbocycles. The van der Waals surface area contributed by atoms with Crippen molar-refractivity contribution in [2.24, 2.45) is 0 Å². The Morgan fingerprint density at radius 1 is 1.17 bits per heavy atom. The molecule has 0 fully saturated rings. The summed E-state index contributed by atoms with van der Waals surface area (Å²) < 4.78 is 30.6. The topological polar surface area (TPSA) is 60.4 Å². The van der Waals surface area contributed by atoms with Gasteiger partial charge in [0.2, 0.25) is 0 Å². The van der Waals surface area contributed by atoms with Crippen molar-refractivity contribution in [2.75, 3.05) is 0 Å². The number of ether oxygens (including phenoxy) is 1. The number of aryl methyl sites for hydroxylation is 1. The second-order valence-corrected chi connectivity index (χ2v) is 9.18. The monoisotopic (exact) mass is 352 g/mol. The molecular formula is C17H20O4S2. The van der Waals surface area contributed by atoms with E-state index < -0.39 is 21.4 Å². The van der Waals surface area contributed by atoms with Gasteiger partial charge in [0.1, 0.15) is 10.5 Å². The Labute approximate surface area is 141 Å². The second-order valence-electron chi connectivity index (χ2n) is 6.30. The Hall–Kier alpha value is -1.66. The van der Waals surface area contributed by atoms with Crippen LogP contribution in [0.4, 0.5) is 0 Å². The lowest BCUT2D eigenvalue weighted by atomic mass is 10.2. The minimum absolute atomic E-state index is 0.212. The Morgan fingerprint density at radius 3 is 2.43 bits per heavy atom. The summed E-state index contributed by atoms with van der Waals surface area (Å²) in [5.41, 5.74) is 0.557. The molecule has 23 heavy (non-hydrogen) atoms. The van der Waals surface area contributed by atoms with Crippen molar-refractivity contribution in [1.82, 2.24) is 0 Å². The minimum atomic E-state index is -3.51. The van der Waals surface area contributed by atoms with Crippen LogP contribution in [0.25, 0.3) is 0 Å². The van der Waals surface area contributed by atoms with E-state index in [9.17, 15) is 13.2 Å². The molecule has 0 saturated carbocycles. The van der Waals surface area contributed by atoms with Gasteiger partial charge in [0.15, 0.2) is 9.84 Å². The van der Waals surface area contributed by atoms with Crippen molar-refractivity contribution in [3.05, 3.63) is 51.7 Å². The molecule has 0 aliphatic rings. The Bertz CT molecular complexity index is 811. The van der Waals surface area contributed by atoms with Gasteiger partial charge in [0.05, 0.1) is 10.6 Å². The van der Waals surface area contributed by atoms with E-state index in [1.54, 1.807) is 63.4 Å². The Balaban J connectivity index is 2.30. The lowest BCUT2D eigenvalue weighted by molar-refractivity contribution is 0.00745. The van der Waals surface area contributed by atoms with Crippen LogP contribution in [0, 0.1) is 6.92 Å². The first-order chi connectivity index (χ1) is 10.6. The number of benzene rings is 1. The summed E-state index contributed by atoms with van der Waals surface area (Å²) in [4.78, 5) is 12.9. The van der Waals surface area contributed by atoms with Crippen LogP contribution in [-0.2, 0) is 20.3 Å². The number of thiophene rings is 1. The van der Waals surface area contributed by atoms with Crippen molar-refractivity contribution >= 4 is 27.1 Å². The lowest BCUT2D eigenvalue weighted by Crippen LogP contribution is -2.24. The minimum Gasteiger partial charge on any atom is -0.456 e. The number of rotatable bonds is 4. The molecule has 0 amide bonds. The molecule has 0 bridgehead atoms. The summed E-state index contributed by atoms with van der Waals surface area (Å²) in [7, 11) is -3.51. The fourth-order valence-corrected chi connectivity index (χ4v) is 4.68. The van der Waals surface area contributed by atoms with Crippen molar-refractivity contribution in [3.63, 3.8) is 0 Å². The van der Waals surface area contributed by atoms with Gasteiger partial charge in [-0.2, -0.15) is 0 Å². The SMILES string of the molecule is Cc1ccccc1S(=O)(=O)Cc1ccsc1C(=O)OC(C)(C)C. The first kappa shape index (κ1) is 17.7. The third kappa shape index (κ3) is 4.42. The largest absolute Gasteiger partial charge is 0.456 e. The van der Waals surface area contributed by atoms with Crippen LogP contribution in [-0.4, -0.2) is 20.0 Å². The molecule has 1 heterocycles. The number of carbonyl (C=O) groups is 1. The van der Waals surface area contributed by atoms with E-state index in [0.29, 0.717) is 20.9 Å². The molecule has 0 unspecified atom stereocenters. The van der Waals surface area contributed by atoms with Gasteiger partial charge in [-0.25, -0.2) is 13.2 Å². The standard InChI is InChI=1S/C17H20O4S2/c1-12-7-5-6-8-14(12)23(19,20)11-13-9-10-22-15(13)16(18)21-17(2,3)4/h5-10H,11H2,1-4H3. The number of hydrogen-bond donors (Lipinski definition) is 0. The number of sulfone groups is 1. The predicted octanol–water partition coefficient (Wildman–Crippen LogP) is 3.99. The molecule has 0 N–H and O–H groups in total. The van der Waals surface area contributed by atoms with Gasteiger partial charge < -0.3 is 4.74 Å². The molecule has 4 nitrogen and oxygen atoms in total. The fraction of sp³-hybridized carbons (Fsp3) is 0.353. The van der Waals surface area contributed by atoms with E-state index in [1.165, 1.54) is 11.3 Å². The average Bonchev–Trinajstić information content (AvgIpc) is 2.84. The van der Waals surface area contributed by atoms with Crippen molar-refractivity contribution in [1.29, 1.82) is 0 Å². The molecule has 0 spiro atoms. The maximum atomic E-state index is 12.6. The highest BCUT2D eigenvalue weighted by Gasteiger charge is 2.25. The van der Waals surface area contributed by atoms with E-state index >= 15 is 0 Å². The van der Waals surface area contributed by atoms with Crippen LogP contribution in [0.15, 0.2) is 40.6 Å². The molecule has 0 radical (unpaired) electrons. The van der Waals surface area contributed by atoms with E-state index in [4.69, 9.17) is 4.74 Å². The van der Waals surface area contributed by atoms with Gasteiger partial charge in [0.25, 0.3) is 0 Å². The smallest absolute Gasteiger partial charge is 0.349 e. The van der Waals surface area contributed by atoms with Crippen LogP contribution in [0.5, 0.6) is 0 Å². The Morgan fingerprint density at radius 2 is 1.83 bits per heavy atom. The van der Waals surface area contributed by atoms with E-state index in [1.807, 2.05) is 0 Å². The molecule has 124 valence electrons. The van der Waals surface area contributed by atoms with Crippen LogP contribution in [0.1, 0.15) is 41.6 Å². The zero-order valence-corrected chi connectivity index (χ0v) is 15.3. The van der Waals surface area contributed by atoms with E-state index in [0.717, 1.165) is 0 Å². The van der Waals surface area contributed by atoms with Crippen LogP contribution in [0.3, 0.4) is 0 Å². The van der Waals surface area contributed by atoms with Gasteiger partial charge in [0, 0.05) is 0 Å². The van der Waals surface area contributed by atoms with Crippen molar-refractivity contribution < 1.29 is 17.9 Å². The lowest BCUT2D eigenvalue weighted by Gasteiger charge is -2.19. The summed E-state index contributed by atoms with van der Waals surface area (Å²) in [5.74, 6) is -0.696. The van der Waals surface area contributed by atoms with Crippen molar-refractivity contribution in [2.45, 2.75) is 43.9 Å². The number of esters is 1. The summed E-state index contributed by atoms with van der Waals surface area (Å²) in [6.45, 7) is 7.10. The highest BCUT2D eigenvalue weighted by atomic mass is 32.2. The maximum absolute atomic E-state index is 12.6. The molecule has 6 heteroatoms. The van der Waals surface area contributed by atoms with Crippen LogP contribution >= 0.6 is 11.3 Å². The predicted molar refractivity (Wildman–Crippen MR) is 91.6 cm³/mol. The molecular weight excluding hydrogens is 332 g/mol. The quantitative estimate of drug-likeness (QED) is 0.781. The highest BCUT2D eigenvalue weighted by Crippen LogP contribution is 2.26. The van der Waals surface area contributed by atoms with Crippen LogP contribution in [0.2, 0.25) is 0 Å². The number of hydrogen-bond acceptors (Lipinski definition) is 5. The van der Waals surface area contributed by atoms with Gasteiger partial charge in [-0.05, 0) is 56.3 Å². The number of carbonyl (C=O) groups excluding carboxylic acids is 1. The van der Waals surface area contributed by atoms with E-state index in [2.05, 4.69) is 0 Å². The maximum Gasteiger partial charge on any atom is 0.349 e. The van der Waals surface area contributed by atoms with Gasteiger partial charge in [-0.15, -0.1) is 11.3 Å². The molecule has 1 aromatic heterocycles. The van der Waals surface area contributed by atoms with Crippen molar-refractivity contribution in [3.8, 4) is 0 Å². The normalized spacial score (nSPS) is 12.2. The van der Waals surface area contributed by atoms with Gasteiger partial charge >= 0.3 is 5.97 Å². The first-order valence-electron chi connectivity index (χ1n) is 7.18. The summed E-state index contributed by atoms with van der Waals surface area (Å²) in [6, 6.07) is 8.51. The van der Waals surface area contributed by atoms with Gasteiger partial charge in [-0.1, -0.05) is 18.2 Å². The summed E-state index contributed by atoms with van der Waals surface area (Å²) >= 11 is 1.20. The summed E-state index contributed by atoms with van der Waals surface area (Å²) in [6.07, 6.45) is 0. The molecule has 2 rings (SSSR count). The molecule has 0 atom stereocenters. The highest BCUT2D eigenvalue weighted by molar-refractivity contribution is 7.90. The third-order valence-corrected chi connectivity index (χ3v) is 5.86. The zero-order chi connectivity index (χ0) is 17.3. The molecule has 0 aliphatic heterocycles. The van der Waals surface area contributed by atoms with Gasteiger partial charge in [-0.3, -0.25) is 0 Å². The third-order valence-electron chi connectivity index (χ3n) is 3.11. The molecule has 0 saturated heterocycles. The van der Waals surface area contributed by atoms with E-state index in [-0.39, 0.29) is 5.75 Å². The summed E-state index contributed by atoms with van der Waals surface area (Å²) in [5, 5.41) is 1.71.